The summed E-state index contributed by atoms with van der Waals surface area (Å²) in [7, 11) is 1.96. The SMILES string of the molecule is Cn1c(C(N)c2ccc(C#N)cc2)nc2cc(OCc3ccccc3)ccc21. The fourth-order valence-corrected chi connectivity index (χ4v) is 3.22. The zero-order chi connectivity index (χ0) is 19.5. The minimum atomic E-state index is -0.376. The maximum absolute atomic E-state index is 8.96. The number of rotatable bonds is 5. The number of nitriles is 1. The van der Waals surface area contributed by atoms with Gasteiger partial charge in [-0.25, -0.2) is 4.98 Å². The van der Waals surface area contributed by atoms with Crippen molar-refractivity contribution in [2.45, 2.75) is 12.6 Å². The van der Waals surface area contributed by atoms with E-state index in [-0.39, 0.29) is 6.04 Å². The Labute approximate surface area is 163 Å². The molecule has 0 saturated heterocycles. The fourth-order valence-electron chi connectivity index (χ4n) is 3.22. The van der Waals surface area contributed by atoms with Crippen molar-refractivity contribution in [3.05, 3.63) is 95.3 Å². The van der Waals surface area contributed by atoms with E-state index in [0.717, 1.165) is 33.7 Å². The number of aromatic nitrogens is 2. The van der Waals surface area contributed by atoms with Crippen LogP contribution in [0.25, 0.3) is 11.0 Å². The average molecular weight is 368 g/mol. The van der Waals surface area contributed by atoms with Crippen LogP contribution in [0.5, 0.6) is 5.75 Å². The highest BCUT2D eigenvalue weighted by atomic mass is 16.5. The van der Waals surface area contributed by atoms with E-state index in [9.17, 15) is 0 Å². The summed E-state index contributed by atoms with van der Waals surface area (Å²) in [5.74, 6) is 1.54. The van der Waals surface area contributed by atoms with Crippen molar-refractivity contribution in [3.8, 4) is 11.8 Å². The number of benzene rings is 3. The molecule has 2 N–H and O–H groups in total. The molecule has 0 bridgehead atoms. The van der Waals surface area contributed by atoms with Gasteiger partial charge in [-0.05, 0) is 35.4 Å². The molecule has 0 aliphatic carbocycles. The first-order valence-corrected chi connectivity index (χ1v) is 9.04. The highest BCUT2D eigenvalue weighted by Crippen LogP contribution is 2.26. The Balaban J connectivity index is 1.59. The second-order valence-corrected chi connectivity index (χ2v) is 6.67. The number of hydrogen-bond donors (Lipinski definition) is 1. The van der Waals surface area contributed by atoms with Crippen molar-refractivity contribution >= 4 is 11.0 Å². The van der Waals surface area contributed by atoms with Gasteiger partial charge in [-0.15, -0.1) is 0 Å². The molecule has 0 aliphatic heterocycles. The zero-order valence-corrected chi connectivity index (χ0v) is 15.5. The van der Waals surface area contributed by atoms with Gasteiger partial charge >= 0.3 is 0 Å². The predicted molar refractivity (Wildman–Crippen MR) is 109 cm³/mol. The summed E-state index contributed by atoms with van der Waals surface area (Å²) in [6.45, 7) is 0.511. The van der Waals surface area contributed by atoms with Crippen LogP contribution < -0.4 is 10.5 Å². The van der Waals surface area contributed by atoms with Crippen molar-refractivity contribution in [1.82, 2.24) is 9.55 Å². The molecule has 0 spiro atoms. The molecule has 0 fully saturated rings. The van der Waals surface area contributed by atoms with Gasteiger partial charge in [0.05, 0.1) is 28.7 Å². The molecule has 0 radical (unpaired) electrons. The van der Waals surface area contributed by atoms with Crippen LogP contribution in [0.3, 0.4) is 0 Å². The molecule has 138 valence electrons. The number of nitrogens with zero attached hydrogens (tertiary/aromatic N) is 3. The van der Waals surface area contributed by atoms with Gasteiger partial charge < -0.3 is 15.0 Å². The van der Waals surface area contributed by atoms with Gasteiger partial charge in [0.25, 0.3) is 0 Å². The Morgan fingerprint density at radius 1 is 1.07 bits per heavy atom. The number of hydrogen-bond acceptors (Lipinski definition) is 4. The third kappa shape index (κ3) is 3.46. The van der Waals surface area contributed by atoms with Crippen molar-refractivity contribution in [3.63, 3.8) is 0 Å². The Bertz CT molecular complexity index is 1140. The van der Waals surface area contributed by atoms with E-state index in [1.807, 2.05) is 72.3 Å². The lowest BCUT2D eigenvalue weighted by Crippen LogP contribution is -2.16. The normalized spacial score (nSPS) is 11.9. The monoisotopic (exact) mass is 368 g/mol. The number of ether oxygens (including phenoxy) is 1. The Morgan fingerprint density at radius 3 is 2.54 bits per heavy atom. The summed E-state index contributed by atoms with van der Waals surface area (Å²) < 4.78 is 7.91. The Morgan fingerprint density at radius 2 is 1.82 bits per heavy atom. The molecule has 0 saturated carbocycles. The molecular formula is C23H20N4O. The molecule has 3 aromatic carbocycles. The van der Waals surface area contributed by atoms with E-state index in [2.05, 4.69) is 6.07 Å². The quantitative estimate of drug-likeness (QED) is 0.576. The van der Waals surface area contributed by atoms with Crippen molar-refractivity contribution in [2.75, 3.05) is 0 Å². The van der Waals surface area contributed by atoms with Gasteiger partial charge in [-0.2, -0.15) is 5.26 Å². The van der Waals surface area contributed by atoms with Crippen LogP contribution in [0.2, 0.25) is 0 Å². The lowest BCUT2D eigenvalue weighted by Gasteiger charge is -2.12. The minimum Gasteiger partial charge on any atom is -0.489 e. The van der Waals surface area contributed by atoms with E-state index in [0.29, 0.717) is 12.2 Å². The summed E-state index contributed by atoms with van der Waals surface area (Å²) in [4.78, 5) is 4.74. The minimum absolute atomic E-state index is 0.376. The molecule has 4 aromatic rings. The summed E-state index contributed by atoms with van der Waals surface area (Å²) in [5.41, 5.74) is 10.9. The molecule has 1 aromatic heterocycles. The molecule has 1 atom stereocenters. The molecule has 0 amide bonds. The lowest BCUT2D eigenvalue weighted by molar-refractivity contribution is 0.306. The number of nitrogens with two attached hydrogens (primary N) is 1. The van der Waals surface area contributed by atoms with E-state index in [4.69, 9.17) is 20.7 Å². The van der Waals surface area contributed by atoms with Gasteiger partial charge in [0.2, 0.25) is 0 Å². The van der Waals surface area contributed by atoms with Crippen LogP contribution in [-0.4, -0.2) is 9.55 Å². The summed E-state index contributed by atoms with van der Waals surface area (Å²) in [5, 5.41) is 8.96. The third-order valence-corrected chi connectivity index (χ3v) is 4.81. The molecule has 4 rings (SSSR count). The van der Waals surface area contributed by atoms with Crippen LogP contribution in [0.1, 0.15) is 28.6 Å². The largest absolute Gasteiger partial charge is 0.489 e. The van der Waals surface area contributed by atoms with Crippen molar-refractivity contribution in [1.29, 1.82) is 5.26 Å². The van der Waals surface area contributed by atoms with Crippen LogP contribution in [0.15, 0.2) is 72.8 Å². The van der Waals surface area contributed by atoms with E-state index in [1.54, 1.807) is 12.1 Å². The lowest BCUT2D eigenvalue weighted by atomic mass is 10.1. The molecule has 1 heterocycles. The summed E-state index contributed by atoms with van der Waals surface area (Å²) in [6, 6.07) is 25.0. The van der Waals surface area contributed by atoms with E-state index in [1.165, 1.54) is 0 Å². The predicted octanol–water partition coefficient (Wildman–Crippen LogP) is 4.07. The molecular weight excluding hydrogens is 348 g/mol. The Kier molecular flexibility index (Phi) is 4.79. The summed E-state index contributed by atoms with van der Waals surface area (Å²) >= 11 is 0. The van der Waals surface area contributed by atoms with Crippen LogP contribution in [0, 0.1) is 11.3 Å². The van der Waals surface area contributed by atoms with Gasteiger partial charge in [0.1, 0.15) is 18.2 Å². The average Bonchev–Trinajstić information content (AvgIpc) is 3.08. The van der Waals surface area contributed by atoms with E-state index < -0.39 is 0 Å². The highest BCUT2D eigenvalue weighted by molar-refractivity contribution is 5.78. The van der Waals surface area contributed by atoms with Crippen LogP contribution >= 0.6 is 0 Å². The van der Waals surface area contributed by atoms with Gasteiger partial charge in [-0.3, -0.25) is 0 Å². The molecule has 5 nitrogen and oxygen atoms in total. The molecule has 1 unspecified atom stereocenters. The van der Waals surface area contributed by atoms with Gasteiger partial charge in [0.15, 0.2) is 0 Å². The standard InChI is InChI=1S/C23H20N4O/c1-27-21-12-11-19(28-15-17-5-3-2-4-6-17)13-20(21)26-23(27)22(25)18-9-7-16(14-24)8-10-18/h2-13,22H,15,25H2,1H3. The number of imidazole rings is 1. The summed E-state index contributed by atoms with van der Waals surface area (Å²) in [6.07, 6.45) is 0. The van der Waals surface area contributed by atoms with Crippen molar-refractivity contribution in [2.24, 2.45) is 12.8 Å². The topological polar surface area (TPSA) is 76.9 Å². The maximum atomic E-state index is 8.96. The first-order chi connectivity index (χ1) is 13.7. The number of aryl methyl sites for hydroxylation is 1. The van der Waals surface area contributed by atoms with Crippen LogP contribution in [-0.2, 0) is 13.7 Å². The molecule has 0 aliphatic rings. The highest BCUT2D eigenvalue weighted by Gasteiger charge is 2.17. The maximum Gasteiger partial charge on any atom is 0.131 e. The van der Waals surface area contributed by atoms with Gasteiger partial charge in [0, 0.05) is 13.1 Å². The smallest absolute Gasteiger partial charge is 0.131 e. The second-order valence-electron chi connectivity index (χ2n) is 6.67. The van der Waals surface area contributed by atoms with Gasteiger partial charge in [-0.1, -0.05) is 42.5 Å². The molecule has 5 heteroatoms. The van der Waals surface area contributed by atoms with Crippen molar-refractivity contribution < 1.29 is 4.74 Å². The first-order valence-electron chi connectivity index (χ1n) is 9.04. The number of fused-ring (bicyclic) bond motifs is 1. The third-order valence-electron chi connectivity index (χ3n) is 4.81. The second kappa shape index (κ2) is 7.55. The zero-order valence-electron chi connectivity index (χ0n) is 15.5. The Hall–Kier alpha value is -3.62. The fraction of sp³-hybridized carbons (Fsp3) is 0.130. The van der Waals surface area contributed by atoms with E-state index >= 15 is 0 Å². The first kappa shape index (κ1) is 17.8. The van der Waals surface area contributed by atoms with Crippen LogP contribution in [0.4, 0.5) is 0 Å². The molecule has 28 heavy (non-hydrogen) atoms.